The van der Waals surface area contributed by atoms with E-state index in [-0.39, 0.29) is 17.9 Å². The fourth-order valence-corrected chi connectivity index (χ4v) is 4.54. The van der Waals surface area contributed by atoms with Crippen molar-refractivity contribution in [2.75, 3.05) is 34.5 Å². The van der Waals surface area contributed by atoms with Gasteiger partial charge in [-0.1, -0.05) is 33.6 Å². The van der Waals surface area contributed by atoms with E-state index in [0.29, 0.717) is 27.8 Å². The highest BCUT2D eigenvalue weighted by molar-refractivity contribution is 9.10. The van der Waals surface area contributed by atoms with E-state index in [1.807, 2.05) is 4.90 Å². The highest BCUT2D eigenvalue weighted by Gasteiger charge is 2.30. The average Bonchev–Trinajstić information content (AvgIpc) is 3.21. The van der Waals surface area contributed by atoms with Crippen LogP contribution in [0.2, 0.25) is 5.02 Å². The molecule has 0 spiro atoms. The summed E-state index contributed by atoms with van der Waals surface area (Å²) in [6, 6.07) is 15.4. The molecule has 0 bridgehead atoms. The number of carbonyl (C=O) groups excluding carboxylic acids is 2. The second-order valence-corrected chi connectivity index (χ2v) is 11.8. The lowest BCUT2D eigenvalue weighted by atomic mass is 10.1. The lowest BCUT2D eigenvalue weighted by Crippen LogP contribution is -2.39. The number of halogens is 4. The summed E-state index contributed by atoms with van der Waals surface area (Å²) in [4.78, 5) is 27.1. The van der Waals surface area contributed by atoms with Gasteiger partial charge in [0.1, 0.15) is 18.0 Å². The van der Waals surface area contributed by atoms with Crippen molar-refractivity contribution in [3.05, 3.63) is 75.2 Å². The third-order valence-corrected chi connectivity index (χ3v) is 6.89. The van der Waals surface area contributed by atoms with E-state index in [1.165, 1.54) is 0 Å². The number of rotatable bonds is 9. The highest BCUT2D eigenvalue weighted by Crippen LogP contribution is 2.40. The Kier molecular flexibility index (Phi) is 9.67. The van der Waals surface area contributed by atoms with Crippen LogP contribution < -0.4 is 30.9 Å². The van der Waals surface area contributed by atoms with Crippen LogP contribution in [0, 0.1) is 0 Å². The molecule has 1 aliphatic heterocycles. The molecule has 1 heterocycles. The topological polar surface area (TPSA) is 104 Å². The van der Waals surface area contributed by atoms with Crippen LogP contribution in [-0.2, 0) is 11.3 Å². The Morgan fingerprint density at radius 1 is 1.12 bits per heavy atom. The predicted molar refractivity (Wildman–Crippen MR) is 164 cm³/mol. The lowest BCUT2D eigenvalue weighted by molar-refractivity contribution is 0.0523. The molecular weight excluding hydrogens is 636 g/mol. The maximum Gasteiger partial charge on any atom is 0.407 e. The van der Waals surface area contributed by atoms with Crippen molar-refractivity contribution in [2.24, 2.45) is 0 Å². The van der Waals surface area contributed by atoms with Gasteiger partial charge in [0.25, 0.3) is 12.3 Å². The molecule has 4 rings (SSSR count). The van der Waals surface area contributed by atoms with Gasteiger partial charge in [-0.15, -0.1) is 0 Å². The fourth-order valence-electron chi connectivity index (χ4n) is 4.10. The fraction of sp³-hybridized carbons (Fsp3) is 0.310. The zero-order valence-electron chi connectivity index (χ0n) is 23.4. The van der Waals surface area contributed by atoms with E-state index < -0.39 is 36.9 Å². The van der Waals surface area contributed by atoms with Gasteiger partial charge in [-0.3, -0.25) is 4.79 Å². The van der Waals surface area contributed by atoms with Crippen molar-refractivity contribution in [3.63, 3.8) is 0 Å². The Morgan fingerprint density at radius 2 is 1.83 bits per heavy atom. The highest BCUT2D eigenvalue weighted by atomic mass is 79.9. The third-order valence-electron chi connectivity index (χ3n) is 6.03. The van der Waals surface area contributed by atoms with Crippen LogP contribution in [0.1, 0.15) is 36.7 Å². The summed E-state index contributed by atoms with van der Waals surface area (Å²) >= 11 is 9.81. The summed E-state index contributed by atoms with van der Waals surface area (Å²) in [5.41, 5.74) is 2.57. The van der Waals surface area contributed by atoms with Crippen LogP contribution >= 0.6 is 27.5 Å². The Hall–Kier alpha value is -3.77. The second-order valence-electron chi connectivity index (χ2n) is 10.5. The number of carbonyl (C=O) groups is 2. The molecule has 0 fully saturated rings. The van der Waals surface area contributed by atoms with Gasteiger partial charge < -0.3 is 35.6 Å². The number of nitrogens with zero attached hydrogens (tertiary/aromatic N) is 1. The number of nitrogens with one attached hydrogen (secondary N) is 4. The summed E-state index contributed by atoms with van der Waals surface area (Å²) in [5, 5.41) is 12.5. The van der Waals surface area contributed by atoms with Crippen LogP contribution in [0.5, 0.6) is 5.75 Å². The minimum atomic E-state index is -2.72. The van der Waals surface area contributed by atoms with E-state index in [2.05, 4.69) is 37.2 Å². The first kappa shape index (κ1) is 31.2. The first-order chi connectivity index (χ1) is 19.8. The zero-order valence-corrected chi connectivity index (χ0v) is 25.7. The van der Waals surface area contributed by atoms with E-state index in [1.54, 1.807) is 82.4 Å². The first-order valence-electron chi connectivity index (χ1n) is 13.0. The predicted octanol–water partition coefficient (Wildman–Crippen LogP) is 7.28. The second kappa shape index (κ2) is 13.0. The molecule has 0 aromatic heterocycles. The molecule has 13 heteroatoms. The molecule has 1 unspecified atom stereocenters. The normalized spacial score (nSPS) is 14.2. The van der Waals surface area contributed by atoms with Crippen molar-refractivity contribution >= 4 is 62.3 Å². The van der Waals surface area contributed by atoms with E-state index in [4.69, 9.17) is 21.1 Å². The molecule has 2 amide bonds. The Morgan fingerprint density at radius 3 is 2.50 bits per heavy atom. The van der Waals surface area contributed by atoms with Gasteiger partial charge in [0.2, 0.25) is 0 Å². The molecule has 42 heavy (non-hydrogen) atoms. The molecule has 3 aromatic carbocycles. The molecular formula is C29H31BrClF2N5O4. The number of ether oxygens (including phenoxy) is 2. The van der Waals surface area contributed by atoms with Gasteiger partial charge in [-0.05, 0) is 68.8 Å². The van der Waals surface area contributed by atoms with Crippen LogP contribution in [0.15, 0.2) is 59.1 Å². The summed E-state index contributed by atoms with van der Waals surface area (Å²) < 4.78 is 37.5. The quantitative estimate of drug-likeness (QED) is 0.190. The number of amides is 2. The molecule has 0 saturated heterocycles. The van der Waals surface area contributed by atoms with Crippen molar-refractivity contribution in [3.8, 4) is 5.75 Å². The maximum absolute atomic E-state index is 13.2. The molecule has 224 valence electrons. The van der Waals surface area contributed by atoms with Crippen LogP contribution in [0.3, 0.4) is 0 Å². The van der Waals surface area contributed by atoms with Crippen LogP contribution in [0.25, 0.3) is 0 Å². The molecule has 1 aliphatic rings. The number of benzene rings is 3. The van der Waals surface area contributed by atoms with Gasteiger partial charge in [0, 0.05) is 29.8 Å². The number of fused-ring (bicyclic) bond motifs is 1. The van der Waals surface area contributed by atoms with Crippen LogP contribution in [-0.4, -0.2) is 44.0 Å². The van der Waals surface area contributed by atoms with Crippen LogP contribution in [0.4, 0.5) is 36.3 Å². The molecule has 4 N–H and O–H groups in total. The Balaban J connectivity index is 1.52. The summed E-state index contributed by atoms with van der Waals surface area (Å²) in [7, 11) is 1.79. The Labute approximate surface area is 256 Å². The van der Waals surface area contributed by atoms with Gasteiger partial charge in [-0.2, -0.15) is 0 Å². The van der Waals surface area contributed by atoms with Crippen molar-refractivity contribution < 1.29 is 27.8 Å². The first-order valence-corrected chi connectivity index (χ1v) is 14.1. The zero-order chi connectivity index (χ0) is 30.6. The standard InChI is InChI=1S/C29H31BrClF2N5O4/c1-29(2,3)42-28(40)34-14-16-5-10-20(31)21(11-16)36-27-37-22-12-19(26(39)35-18-8-6-17(30)7-9-18)24(41-15-25(32)33)13-23(22)38(27)4/h5-13,25,27,36-37H,14-15H2,1-4H3,(H,34,40)(H,35,39). The van der Waals surface area contributed by atoms with Crippen molar-refractivity contribution in [1.29, 1.82) is 0 Å². The molecule has 3 aromatic rings. The molecule has 0 aliphatic carbocycles. The maximum atomic E-state index is 13.2. The van der Waals surface area contributed by atoms with E-state index in [0.717, 1.165) is 10.0 Å². The largest absolute Gasteiger partial charge is 0.487 e. The Bertz CT molecular complexity index is 1450. The van der Waals surface area contributed by atoms with Gasteiger partial charge in [0.05, 0.1) is 27.6 Å². The molecule has 0 saturated carbocycles. The van der Waals surface area contributed by atoms with Gasteiger partial charge in [-0.25, -0.2) is 13.6 Å². The monoisotopic (exact) mass is 665 g/mol. The number of alkyl carbamates (subject to hydrolysis) is 1. The summed E-state index contributed by atoms with van der Waals surface area (Å²) in [6.07, 6.45) is -3.77. The van der Waals surface area contributed by atoms with Gasteiger partial charge >= 0.3 is 6.09 Å². The van der Waals surface area contributed by atoms with E-state index >= 15 is 0 Å². The number of hydrogen-bond acceptors (Lipinski definition) is 7. The summed E-state index contributed by atoms with van der Waals surface area (Å²) in [6.45, 7) is 4.70. The van der Waals surface area contributed by atoms with E-state index in [9.17, 15) is 18.4 Å². The SMILES string of the molecule is CN1c2cc(OCC(F)F)c(C(=O)Nc3ccc(Br)cc3)cc2NC1Nc1cc(CNC(=O)OC(C)(C)C)ccc1Cl. The lowest BCUT2D eigenvalue weighted by Gasteiger charge is -2.25. The summed E-state index contributed by atoms with van der Waals surface area (Å²) in [5.74, 6) is -0.496. The van der Waals surface area contributed by atoms with Crippen molar-refractivity contribution in [2.45, 2.75) is 45.6 Å². The number of hydrogen-bond donors (Lipinski definition) is 4. The molecule has 0 radical (unpaired) electrons. The third kappa shape index (κ3) is 8.16. The van der Waals surface area contributed by atoms with Crippen molar-refractivity contribution in [1.82, 2.24) is 5.32 Å². The number of anilines is 4. The molecule has 1 atom stereocenters. The minimum absolute atomic E-state index is 0.0196. The van der Waals surface area contributed by atoms with Gasteiger partial charge in [0.15, 0.2) is 6.29 Å². The number of alkyl halides is 2. The average molecular weight is 667 g/mol. The molecule has 9 nitrogen and oxygen atoms in total. The minimum Gasteiger partial charge on any atom is -0.487 e. The smallest absolute Gasteiger partial charge is 0.407 e.